The Labute approximate surface area is 144 Å². The number of ether oxygens (including phenoxy) is 2. The topological polar surface area (TPSA) is 55.8 Å². The number of unbranched alkanes of at least 4 members (excludes halogenated alkanes) is 1. The lowest BCUT2D eigenvalue weighted by molar-refractivity contribution is -0.137. The average Bonchev–Trinajstić information content (AvgIpc) is 2.57. The number of rotatable bonds is 10. The van der Waals surface area contributed by atoms with E-state index < -0.39 is 23.4 Å². The molecule has 0 saturated heterocycles. The third-order valence-corrected chi connectivity index (χ3v) is 3.57. The lowest BCUT2D eigenvalue weighted by Gasteiger charge is -2.25. The zero-order chi connectivity index (χ0) is 19.0. The smallest absolute Gasteiger partial charge is 0.417 e. The van der Waals surface area contributed by atoms with Crippen LogP contribution >= 0.6 is 0 Å². The van der Waals surface area contributed by atoms with E-state index >= 15 is 0 Å². The zero-order valence-corrected chi connectivity index (χ0v) is 14.4. The van der Waals surface area contributed by atoms with Crippen LogP contribution < -0.4 is 9.64 Å². The predicted molar refractivity (Wildman–Crippen MR) is 87.4 cm³/mol. The maximum absolute atomic E-state index is 13.1. The molecule has 5 nitrogen and oxygen atoms in total. The van der Waals surface area contributed by atoms with Gasteiger partial charge < -0.3 is 14.4 Å². The fourth-order valence-corrected chi connectivity index (χ4v) is 2.26. The third kappa shape index (κ3) is 6.04. The van der Waals surface area contributed by atoms with Crippen molar-refractivity contribution in [2.45, 2.75) is 32.0 Å². The molecule has 1 rings (SSSR count). The number of aldehydes is 2. The number of hydrogen-bond acceptors (Lipinski definition) is 5. The number of halogens is 3. The summed E-state index contributed by atoms with van der Waals surface area (Å²) in [7, 11) is 3.27. The highest BCUT2D eigenvalue weighted by Gasteiger charge is 2.35. The summed E-state index contributed by atoms with van der Waals surface area (Å²) in [5.41, 5.74) is -1.24. The molecule has 8 heteroatoms. The molecule has 0 aromatic heterocycles. The number of anilines is 1. The van der Waals surface area contributed by atoms with E-state index in [1.165, 1.54) is 6.92 Å². The molecule has 0 radical (unpaired) electrons. The van der Waals surface area contributed by atoms with Gasteiger partial charge in [0.1, 0.15) is 5.75 Å². The molecule has 0 N–H and O–H groups in total. The summed E-state index contributed by atoms with van der Waals surface area (Å²) < 4.78 is 49.7. The highest BCUT2D eigenvalue weighted by Crippen LogP contribution is 2.39. The van der Waals surface area contributed by atoms with E-state index in [9.17, 15) is 22.8 Å². The largest absolute Gasteiger partial charge is 0.481 e. The van der Waals surface area contributed by atoms with Crippen molar-refractivity contribution in [1.29, 1.82) is 0 Å². The van der Waals surface area contributed by atoms with Crippen molar-refractivity contribution < 1.29 is 32.2 Å². The van der Waals surface area contributed by atoms with E-state index in [1.807, 2.05) is 0 Å². The van der Waals surface area contributed by atoms with E-state index in [4.69, 9.17) is 9.47 Å². The van der Waals surface area contributed by atoms with Crippen LogP contribution in [0, 0.1) is 0 Å². The molecule has 0 bridgehead atoms. The summed E-state index contributed by atoms with van der Waals surface area (Å²) in [6.45, 7) is 2.53. The molecule has 1 aromatic carbocycles. The molecule has 0 amide bonds. The molecular formula is C17H22F3NO4. The normalized spacial score (nSPS) is 12.6. The molecule has 0 fully saturated rings. The number of methoxy groups -OCH3 is 1. The first-order valence-corrected chi connectivity index (χ1v) is 7.77. The van der Waals surface area contributed by atoms with E-state index in [0.29, 0.717) is 25.1 Å². The molecule has 0 aliphatic heterocycles. The van der Waals surface area contributed by atoms with Gasteiger partial charge in [-0.1, -0.05) is 0 Å². The minimum absolute atomic E-state index is 0.0910. The maximum atomic E-state index is 13.1. The van der Waals surface area contributed by atoms with E-state index in [-0.39, 0.29) is 12.0 Å². The Balaban J connectivity index is 3.23. The molecule has 1 aromatic rings. The SMILES string of the molecule is COCCCCN(C)c1cc(C=O)c(C(F)(F)F)cc1O[C@@H](C)C=O. The monoisotopic (exact) mass is 361 g/mol. The van der Waals surface area contributed by atoms with Gasteiger partial charge in [-0.25, -0.2) is 0 Å². The Kier molecular flexibility index (Phi) is 7.89. The molecule has 0 spiro atoms. The number of carbonyl (C=O) groups excluding carboxylic acids is 2. The second kappa shape index (κ2) is 9.41. The van der Waals surface area contributed by atoms with Crippen molar-refractivity contribution >= 4 is 18.3 Å². The molecule has 0 saturated carbocycles. The van der Waals surface area contributed by atoms with Crippen molar-refractivity contribution in [3.05, 3.63) is 23.3 Å². The van der Waals surface area contributed by atoms with Crippen molar-refractivity contribution in [3.8, 4) is 5.75 Å². The Morgan fingerprint density at radius 3 is 2.44 bits per heavy atom. The first-order chi connectivity index (χ1) is 11.7. The molecule has 0 unspecified atom stereocenters. The van der Waals surface area contributed by atoms with E-state index in [2.05, 4.69) is 0 Å². The molecular weight excluding hydrogens is 339 g/mol. The number of hydrogen-bond donors (Lipinski definition) is 0. The second-order valence-corrected chi connectivity index (χ2v) is 5.60. The Morgan fingerprint density at radius 1 is 1.24 bits per heavy atom. The Morgan fingerprint density at radius 2 is 1.92 bits per heavy atom. The van der Waals surface area contributed by atoms with Gasteiger partial charge in [0, 0.05) is 32.9 Å². The lowest BCUT2D eigenvalue weighted by Crippen LogP contribution is -2.23. The number of benzene rings is 1. The van der Waals surface area contributed by atoms with Crippen LogP contribution in [0.25, 0.3) is 0 Å². The van der Waals surface area contributed by atoms with Crippen LogP contribution in [-0.2, 0) is 15.7 Å². The summed E-state index contributed by atoms with van der Waals surface area (Å²) >= 11 is 0. The van der Waals surface area contributed by atoms with Crippen molar-refractivity contribution in [1.82, 2.24) is 0 Å². The quantitative estimate of drug-likeness (QED) is 0.473. The standard InChI is InChI=1S/C17H22F3NO4/c1-12(10-22)25-16-9-14(17(18,19)20)13(11-23)8-15(16)21(2)6-4-5-7-24-3/h8-12H,4-7H2,1-3H3/t12-/m0/s1. The van der Waals surface area contributed by atoms with Crippen LogP contribution in [0.5, 0.6) is 5.75 Å². The van der Waals surface area contributed by atoms with Gasteiger partial charge in [-0.05, 0) is 31.9 Å². The highest BCUT2D eigenvalue weighted by atomic mass is 19.4. The summed E-state index contributed by atoms with van der Waals surface area (Å²) in [5, 5.41) is 0. The van der Waals surface area contributed by atoms with Gasteiger partial charge in [0.25, 0.3) is 0 Å². The van der Waals surface area contributed by atoms with Crippen LogP contribution in [0.3, 0.4) is 0 Å². The first-order valence-electron chi connectivity index (χ1n) is 7.77. The van der Waals surface area contributed by atoms with Gasteiger partial charge in [0.15, 0.2) is 18.7 Å². The molecule has 0 aliphatic carbocycles. The van der Waals surface area contributed by atoms with Gasteiger partial charge in [-0.3, -0.25) is 9.59 Å². The van der Waals surface area contributed by atoms with Gasteiger partial charge in [0.05, 0.1) is 11.3 Å². The molecule has 1 atom stereocenters. The Hall–Kier alpha value is -2.09. The highest BCUT2D eigenvalue weighted by molar-refractivity contribution is 5.82. The summed E-state index contributed by atoms with van der Waals surface area (Å²) in [6.07, 6.45) is -3.44. The maximum Gasteiger partial charge on any atom is 0.417 e. The molecule has 0 aliphatic rings. The summed E-state index contributed by atoms with van der Waals surface area (Å²) in [6, 6.07) is 1.91. The van der Waals surface area contributed by atoms with Crippen LogP contribution in [0.15, 0.2) is 12.1 Å². The molecule has 25 heavy (non-hydrogen) atoms. The van der Waals surface area contributed by atoms with Crippen molar-refractivity contribution in [3.63, 3.8) is 0 Å². The average molecular weight is 361 g/mol. The van der Waals surface area contributed by atoms with Crippen molar-refractivity contribution in [2.24, 2.45) is 0 Å². The Bertz CT molecular complexity index is 590. The van der Waals surface area contributed by atoms with Crippen LogP contribution in [-0.4, -0.2) is 46.0 Å². The van der Waals surface area contributed by atoms with E-state index in [0.717, 1.165) is 25.0 Å². The predicted octanol–water partition coefficient (Wildman–Crippen LogP) is 3.35. The van der Waals surface area contributed by atoms with Gasteiger partial charge in [0.2, 0.25) is 0 Å². The number of carbonyl (C=O) groups is 2. The fraction of sp³-hybridized carbons (Fsp3) is 0.529. The fourth-order valence-electron chi connectivity index (χ4n) is 2.26. The third-order valence-electron chi connectivity index (χ3n) is 3.57. The first kappa shape index (κ1) is 21.0. The van der Waals surface area contributed by atoms with Gasteiger partial charge >= 0.3 is 6.18 Å². The second-order valence-electron chi connectivity index (χ2n) is 5.60. The van der Waals surface area contributed by atoms with Crippen LogP contribution in [0.2, 0.25) is 0 Å². The zero-order valence-electron chi connectivity index (χ0n) is 14.4. The van der Waals surface area contributed by atoms with E-state index in [1.54, 1.807) is 19.1 Å². The van der Waals surface area contributed by atoms with Crippen LogP contribution in [0.1, 0.15) is 35.7 Å². The summed E-state index contributed by atoms with van der Waals surface area (Å²) in [5.74, 6) is -0.0910. The van der Waals surface area contributed by atoms with Crippen LogP contribution in [0.4, 0.5) is 18.9 Å². The minimum Gasteiger partial charge on any atom is -0.481 e. The number of nitrogens with zero attached hydrogens (tertiary/aromatic N) is 1. The lowest BCUT2D eigenvalue weighted by atomic mass is 10.1. The molecule has 140 valence electrons. The summed E-state index contributed by atoms with van der Waals surface area (Å²) in [4.78, 5) is 23.6. The van der Waals surface area contributed by atoms with Gasteiger partial charge in [-0.2, -0.15) is 13.2 Å². The van der Waals surface area contributed by atoms with Gasteiger partial charge in [-0.15, -0.1) is 0 Å². The minimum atomic E-state index is -4.70. The van der Waals surface area contributed by atoms with Crippen molar-refractivity contribution in [2.75, 3.05) is 32.2 Å². The number of alkyl halides is 3. The molecule has 0 heterocycles.